The van der Waals surface area contributed by atoms with Crippen molar-refractivity contribution in [3.05, 3.63) is 63.6 Å². The Morgan fingerprint density at radius 3 is 2.50 bits per heavy atom. The lowest BCUT2D eigenvalue weighted by molar-refractivity contribution is -0.141. The summed E-state index contributed by atoms with van der Waals surface area (Å²) in [5, 5.41) is 0. The highest BCUT2D eigenvalue weighted by Gasteiger charge is 2.46. The van der Waals surface area contributed by atoms with Crippen LogP contribution < -0.4 is 4.74 Å². The second-order valence-corrected chi connectivity index (χ2v) is 8.56. The number of carbonyl (C=O) groups excluding carboxylic acids is 2. The number of hydrogen-bond donors (Lipinski definition) is 0. The van der Waals surface area contributed by atoms with E-state index in [4.69, 9.17) is 4.74 Å². The van der Waals surface area contributed by atoms with Gasteiger partial charge in [-0.25, -0.2) is 0 Å². The van der Waals surface area contributed by atoms with Crippen LogP contribution in [0.3, 0.4) is 0 Å². The zero-order chi connectivity index (χ0) is 21.5. The zero-order valence-electron chi connectivity index (χ0n) is 16.0. The molecule has 0 unspecified atom stereocenters. The quantitative estimate of drug-likeness (QED) is 0.619. The minimum atomic E-state index is -4.55. The fourth-order valence-corrected chi connectivity index (χ4v) is 5.24. The molecule has 0 saturated carbocycles. The van der Waals surface area contributed by atoms with Crippen LogP contribution in [0.4, 0.5) is 13.2 Å². The van der Waals surface area contributed by atoms with Gasteiger partial charge in [-0.3, -0.25) is 9.59 Å². The summed E-state index contributed by atoms with van der Waals surface area (Å²) in [6, 6.07) is 10.4. The van der Waals surface area contributed by atoms with E-state index in [2.05, 4.69) is 15.9 Å². The molecular weight excluding hydrogens is 463 g/mol. The first-order valence-corrected chi connectivity index (χ1v) is 10.4. The lowest BCUT2D eigenvalue weighted by Gasteiger charge is -2.40. The van der Waals surface area contributed by atoms with E-state index in [1.807, 2.05) is 18.2 Å². The molecule has 4 nitrogen and oxygen atoms in total. The number of halogens is 4. The van der Waals surface area contributed by atoms with Crippen LogP contribution in [0.5, 0.6) is 5.75 Å². The molecule has 2 aromatic rings. The number of amides is 1. The third-order valence-corrected chi connectivity index (χ3v) is 6.62. The van der Waals surface area contributed by atoms with Crippen LogP contribution in [-0.4, -0.2) is 36.3 Å². The van der Waals surface area contributed by atoms with E-state index in [1.54, 1.807) is 4.90 Å². The fourth-order valence-electron chi connectivity index (χ4n) is 4.45. The number of carbonyl (C=O) groups is 2. The number of ether oxygens (including phenoxy) is 1. The van der Waals surface area contributed by atoms with Gasteiger partial charge in [-0.15, -0.1) is 0 Å². The summed E-state index contributed by atoms with van der Waals surface area (Å²) in [7, 11) is 0. The summed E-state index contributed by atoms with van der Waals surface area (Å²) in [5.41, 5.74) is 0.544. The van der Waals surface area contributed by atoms with Gasteiger partial charge in [-0.2, -0.15) is 13.2 Å². The summed E-state index contributed by atoms with van der Waals surface area (Å²) >= 11 is 3.56. The second kappa shape index (κ2) is 7.72. The summed E-state index contributed by atoms with van der Waals surface area (Å²) in [5.74, 6) is -0.609. The zero-order valence-corrected chi connectivity index (χ0v) is 17.6. The Bertz CT molecular complexity index is 997. The Hall–Kier alpha value is -2.35. The van der Waals surface area contributed by atoms with Crippen molar-refractivity contribution in [1.29, 1.82) is 0 Å². The Morgan fingerprint density at radius 1 is 1.10 bits per heavy atom. The van der Waals surface area contributed by atoms with Crippen LogP contribution in [0.2, 0.25) is 0 Å². The summed E-state index contributed by atoms with van der Waals surface area (Å²) in [4.78, 5) is 26.6. The van der Waals surface area contributed by atoms with E-state index < -0.39 is 18.3 Å². The van der Waals surface area contributed by atoms with Crippen LogP contribution >= 0.6 is 15.9 Å². The van der Waals surface area contributed by atoms with Gasteiger partial charge in [0, 0.05) is 35.0 Å². The SMILES string of the molecule is O=C1CC2(CCN(C(=O)COc3ccccc3C(F)(F)F)CC2)c2c(Br)cccc21. The van der Waals surface area contributed by atoms with Crippen molar-refractivity contribution >= 4 is 27.6 Å². The van der Waals surface area contributed by atoms with Crippen molar-refractivity contribution in [1.82, 2.24) is 4.90 Å². The molecule has 2 aromatic carbocycles. The first kappa shape index (κ1) is 20.9. The third-order valence-electron chi connectivity index (χ3n) is 5.96. The van der Waals surface area contributed by atoms with E-state index in [0.717, 1.165) is 21.7 Å². The summed E-state index contributed by atoms with van der Waals surface area (Å²) in [6.07, 6.45) is -2.88. The number of hydrogen-bond acceptors (Lipinski definition) is 3. The first-order valence-electron chi connectivity index (χ1n) is 9.60. The Balaban J connectivity index is 1.42. The van der Waals surface area contributed by atoms with Gasteiger partial charge in [0.05, 0.1) is 5.56 Å². The summed E-state index contributed by atoms with van der Waals surface area (Å²) < 4.78 is 45.3. The van der Waals surface area contributed by atoms with Crippen molar-refractivity contribution in [3.63, 3.8) is 0 Å². The Kier molecular flexibility index (Phi) is 5.38. The minimum Gasteiger partial charge on any atom is -0.483 e. The summed E-state index contributed by atoms with van der Waals surface area (Å²) in [6.45, 7) is 0.396. The Labute approximate surface area is 180 Å². The molecule has 1 aliphatic carbocycles. The number of fused-ring (bicyclic) bond motifs is 2. The van der Waals surface area contributed by atoms with Gasteiger partial charge < -0.3 is 9.64 Å². The number of likely N-dealkylation sites (tertiary alicyclic amines) is 1. The van der Waals surface area contributed by atoms with Crippen molar-refractivity contribution < 1.29 is 27.5 Å². The predicted octanol–water partition coefficient (Wildman–Crippen LogP) is 4.99. The first-order chi connectivity index (χ1) is 14.2. The molecule has 0 atom stereocenters. The average molecular weight is 482 g/mol. The molecule has 0 radical (unpaired) electrons. The topological polar surface area (TPSA) is 46.6 Å². The molecule has 30 heavy (non-hydrogen) atoms. The van der Waals surface area contributed by atoms with E-state index in [-0.39, 0.29) is 22.9 Å². The number of alkyl halides is 3. The van der Waals surface area contributed by atoms with Gasteiger partial charge in [0.15, 0.2) is 12.4 Å². The normalized spacial score (nSPS) is 17.9. The predicted molar refractivity (Wildman–Crippen MR) is 108 cm³/mol. The van der Waals surface area contributed by atoms with E-state index in [0.29, 0.717) is 32.4 Å². The maximum atomic E-state index is 13.1. The fraction of sp³-hybridized carbons (Fsp3) is 0.364. The van der Waals surface area contributed by atoms with Crippen LogP contribution in [-0.2, 0) is 16.4 Å². The van der Waals surface area contributed by atoms with Crippen molar-refractivity contribution in [3.8, 4) is 5.75 Å². The van der Waals surface area contributed by atoms with Gasteiger partial charge in [-0.05, 0) is 36.6 Å². The van der Waals surface area contributed by atoms with Crippen LogP contribution in [0.15, 0.2) is 46.9 Å². The molecule has 0 aromatic heterocycles. The van der Waals surface area contributed by atoms with Gasteiger partial charge in [0.2, 0.25) is 0 Å². The second-order valence-electron chi connectivity index (χ2n) is 7.71. The third kappa shape index (κ3) is 3.73. The van der Waals surface area contributed by atoms with Gasteiger partial charge in [-0.1, -0.05) is 40.2 Å². The molecular formula is C22H19BrF3NO3. The number of piperidine rings is 1. The van der Waals surface area contributed by atoms with E-state index in [1.165, 1.54) is 18.2 Å². The smallest absolute Gasteiger partial charge is 0.419 e. The molecule has 1 amide bonds. The lowest BCUT2D eigenvalue weighted by atomic mass is 9.74. The molecule has 1 spiro atoms. The molecule has 158 valence electrons. The van der Waals surface area contributed by atoms with Crippen molar-refractivity contribution in [2.75, 3.05) is 19.7 Å². The molecule has 1 aliphatic heterocycles. The number of benzene rings is 2. The molecule has 1 saturated heterocycles. The van der Waals surface area contributed by atoms with Crippen molar-refractivity contribution in [2.24, 2.45) is 0 Å². The monoisotopic (exact) mass is 481 g/mol. The van der Waals surface area contributed by atoms with E-state index in [9.17, 15) is 22.8 Å². The van der Waals surface area contributed by atoms with Crippen LogP contribution in [0.25, 0.3) is 0 Å². The number of Topliss-reactive ketones (excluding diaryl/α,β-unsaturated/α-hetero) is 1. The number of ketones is 1. The lowest BCUT2D eigenvalue weighted by Crippen LogP contribution is -2.46. The standard InChI is InChI=1S/C22H19BrF3NO3/c23-16-6-3-4-14-17(28)12-21(20(14)16)8-10-27(11-9-21)19(29)13-30-18-7-2-1-5-15(18)22(24,25)26/h1-7H,8-13H2. The molecule has 0 bridgehead atoms. The maximum absolute atomic E-state index is 13.1. The number of para-hydroxylation sites is 1. The molecule has 1 heterocycles. The molecule has 1 fully saturated rings. The maximum Gasteiger partial charge on any atom is 0.419 e. The van der Waals surface area contributed by atoms with E-state index >= 15 is 0 Å². The molecule has 2 aliphatic rings. The van der Waals surface area contributed by atoms with Gasteiger partial charge >= 0.3 is 6.18 Å². The highest BCUT2D eigenvalue weighted by atomic mass is 79.9. The molecule has 0 N–H and O–H groups in total. The average Bonchev–Trinajstić information content (AvgIpc) is 2.99. The highest BCUT2D eigenvalue weighted by molar-refractivity contribution is 9.10. The van der Waals surface area contributed by atoms with Crippen LogP contribution in [0, 0.1) is 0 Å². The van der Waals surface area contributed by atoms with Crippen LogP contribution in [0.1, 0.15) is 40.7 Å². The Morgan fingerprint density at radius 2 is 1.80 bits per heavy atom. The largest absolute Gasteiger partial charge is 0.483 e. The number of nitrogens with zero attached hydrogens (tertiary/aromatic N) is 1. The molecule has 4 rings (SSSR count). The molecule has 8 heteroatoms. The van der Waals surface area contributed by atoms with Crippen molar-refractivity contribution in [2.45, 2.75) is 30.9 Å². The van der Waals surface area contributed by atoms with Gasteiger partial charge in [0.1, 0.15) is 5.75 Å². The minimum absolute atomic E-state index is 0.109. The number of rotatable bonds is 3. The highest BCUT2D eigenvalue weighted by Crippen LogP contribution is 2.49. The van der Waals surface area contributed by atoms with Gasteiger partial charge in [0.25, 0.3) is 5.91 Å².